The molecule has 0 aliphatic carbocycles. The van der Waals surface area contributed by atoms with Gasteiger partial charge in [-0.1, -0.05) is 19.9 Å². The zero-order chi connectivity index (χ0) is 14.4. The van der Waals surface area contributed by atoms with Crippen molar-refractivity contribution in [2.75, 3.05) is 5.43 Å². The molecule has 0 spiro atoms. The number of nitrogens with two attached hydrogens (primary N) is 1. The summed E-state index contributed by atoms with van der Waals surface area (Å²) < 4.78 is 0. The highest BCUT2D eigenvalue weighted by Crippen LogP contribution is 2.27. The van der Waals surface area contributed by atoms with Gasteiger partial charge in [-0.2, -0.15) is 0 Å². The number of nitrogen functional groups attached to an aromatic ring is 1. The lowest BCUT2D eigenvalue weighted by atomic mass is 10.1. The summed E-state index contributed by atoms with van der Waals surface area (Å²) in [5.74, 6) is 4.76. The van der Waals surface area contributed by atoms with Crippen molar-refractivity contribution in [2.45, 2.75) is 32.7 Å². The highest BCUT2D eigenvalue weighted by Gasteiger charge is 2.24. The van der Waals surface area contributed by atoms with E-state index in [1.165, 1.54) is 12.1 Å². The summed E-state index contributed by atoms with van der Waals surface area (Å²) >= 11 is 0. The van der Waals surface area contributed by atoms with E-state index in [4.69, 9.17) is 5.84 Å². The topological polar surface area (TPSA) is 110 Å². The third-order valence-corrected chi connectivity index (χ3v) is 2.94. The largest absolute Gasteiger partial charge is 0.349 e. The number of hydrogen-bond acceptors (Lipinski definition) is 5. The molecular formula is C12H18N4O3. The molecule has 0 radical (unpaired) electrons. The minimum Gasteiger partial charge on any atom is -0.349 e. The van der Waals surface area contributed by atoms with Gasteiger partial charge in [0.2, 0.25) is 0 Å². The second-order valence-corrected chi connectivity index (χ2v) is 4.09. The van der Waals surface area contributed by atoms with Crippen molar-refractivity contribution in [1.82, 2.24) is 5.32 Å². The number of nitrogens with zero attached hydrogens (tertiary/aromatic N) is 1. The van der Waals surface area contributed by atoms with E-state index in [0.29, 0.717) is 0 Å². The number of amides is 1. The number of para-hydroxylation sites is 1. The molecule has 0 bridgehead atoms. The summed E-state index contributed by atoms with van der Waals surface area (Å²) in [6.07, 6.45) is 1.54. The number of anilines is 1. The number of nitrogens with one attached hydrogen (secondary N) is 2. The van der Waals surface area contributed by atoms with Crippen LogP contribution in [0.15, 0.2) is 18.2 Å². The summed E-state index contributed by atoms with van der Waals surface area (Å²) in [7, 11) is 0. The van der Waals surface area contributed by atoms with E-state index in [-0.39, 0.29) is 23.0 Å². The normalized spacial score (nSPS) is 10.3. The van der Waals surface area contributed by atoms with Crippen LogP contribution >= 0.6 is 0 Å². The standard InChI is InChI=1S/C12H18N4O3/c1-3-8(4-2)14-12(17)9-6-5-7-10(15-13)11(9)16(18)19/h5-8,15H,3-4,13H2,1-2H3,(H,14,17). The van der Waals surface area contributed by atoms with Gasteiger partial charge in [-0.05, 0) is 25.0 Å². The molecule has 104 valence electrons. The summed E-state index contributed by atoms with van der Waals surface area (Å²) in [6, 6.07) is 4.41. The number of hydrazine groups is 1. The third kappa shape index (κ3) is 3.41. The molecule has 1 aromatic rings. The van der Waals surface area contributed by atoms with Crippen LogP contribution in [0, 0.1) is 10.1 Å². The monoisotopic (exact) mass is 266 g/mol. The maximum atomic E-state index is 12.1. The number of carbonyl (C=O) groups is 1. The lowest BCUT2D eigenvalue weighted by molar-refractivity contribution is -0.384. The van der Waals surface area contributed by atoms with Crippen molar-refractivity contribution in [2.24, 2.45) is 5.84 Å². The van der Waals surface area contributed by atoms with E-state index in [2.05, 4.69) is 10.7 Å². The Balaban J connectivity index is 3.12. The van der Waals surface area contributed by atoms with Gasteiger partial charge < -0.3 is 10.7 Å². The van der Waals surface area contributed by atoms with Gasteiger partial charge in [0.15, 0.2) is 0 Å². The van der Waals surface area contributed by atoms with Crippen molar-refractivity contribution < 1.29 is 9.72 Å². The van der Waals surface area contributed by atoms with Crippen LogP contribution < -0.4 is 16.6 Å². The van der Waals surface area contributed by atoms with Gasteiger partial charge in [0.1, 0.15) is 11.3 Å². The van der Waals surface area contributed by atoms with Gasteiger partial charge in [-0.15, -0.1) is 0 Å². The minimum atomic E-state index is -0.614. The molecule has 1 aromatic carbocycles. The second-order valence-electron chi connectivity index (χ2n) is 4.09. The molecule has 0 heterocycles. The van der Waals surface area contributed by atoms with Crippen molar-refractivity contribution in [3.8, 4) is 0 Å². The SMILES string of the molecule is CCC(CC)NC(=O)c1cccc(NN)c1[N+](=O)[O-]. The Hall–Kier alpha value is -2.15. The first-order chi connectivity index (χ1) is 9.04. The Morgan fingerprint density at radius 1 is 1.42 bits per heavy atom. The maximum absolute atomic E-state index is 12.1. The lowest BCUT2D eigenvalue weighted by Crippen LogP contribution is -2.34. The molecule has 0 aliphatic rings. The minimum absolute atomic E-state index is 0.00148. The number of rotatable bonds is 6. The zero-order valence-electron chi connectivity index (χ0n) is 11.0. The van der Waals surface area contributed by atoms with Crippen LogP contribution in [0.4, 0.5) is 11.4 Å². The van der Waals surface area contributed by atoms with E-state index in [0.717, 1.165) is 12.8 Å². The smallest absolute Gasteiger partial charge is 0.306 e. The molecule has 19 heavy (non-hydrogen) atoms. The summed E-state index contributed by atoms with van der Waals surface area (Å²) in [5.41, 5.74) is 2.04. The van der Waals surface area contributed by atoms with Gasteiger partial charge >= 0.3 is 5.69 Å². The molecule has 7 nitrogen and oxygen atoms in total. The van der Waals surface area contributed by atoms with Crippen LogP contribution in [0.3, 0.4) is 0 Å². The van der Waals surface area contributed by atoms with E-state index >= 15 is 0 Å². The molecule has 0 atom stereocenters. The molecule has 7 heteroatoms. The fourth-order valence-corrected chi connectivity index (χ4v) is 1.80. The highest BCUT2D eigenvalue weighted by molar-refractivity contribution is 6.00. The van der Waals surface area contributed by atoms with E-state index in [1.807, 2.05) is 13.8 Å². The second kappa shape index (κ2) is 6.69. The van der Waals surface area contributed by atoms with Crippen LogP contribution in [0.25, 0.3) is 0 Å². The zero-order valence-corrected chi connectivity index (χ0v) is 11.0. The highest BCUT2D eigenvalue weighted by atomic mass is 16.6. The van der Waals surface area contributed by atoms with Crippen molar-refractivity contribution in [1.29, 1.82) is 0 Å². The predicted octanol–water partition coefficient (Wildman–Crippen LogP) is 1.80. The van der Waals surface area contributed by atoms with E-state index in [9.17, 15) is 14.9 Å². The first kappa shape index (κ1) is 14.9. The maximum Gasteiger partial charge on any atom is 0.306 e. The number of nitro benzene ring substituents is 1. The van der Waals surface area contributed by atoms with Crippen LogP contribution in [0.5, 0.6) is 0 Å². The van der Waals surface area contributed by atoms with Crippen LogP contribution in [-0.4, -0.2) is 16.9 Å². The Kier molecular flexibility index (Phi) is 5.25. The molecule has 0 saturated heterocycles. The summed E-state index contributed by atoms with van der Waals surface area (Å²) in [4.78, 5) is 22.5. The average molecular weight is 266 g/mol. The summed E-state index contributed by atoms with van der Waals surface area (Å²) in [5, 5.41) is 13.8. The average Bonchev–Trinajstić information content (AvgIpc) is 2.43. The molecule has 0 aliphatic heterocycles. The number of carbonyl (C=O) groups excluding carboxylic acids is 1. The quantitative estimate of drug-likeness (QED) is 0.413. The molecule has 0 aromatic heterocycles. The van der Waals surface area contributed by atoms with Crippen molar-refractivity contribution in [3.05, 3.63) is 33.9 Å². The van der Waals surface area contributed by atoms with Gasteiger partial charge in [-0.3, -0.25) is 20.8 Å². The van der Waals surface area contributed by atoms with Gasteiger partial charge in [0.05, 0.1) is 4.92 Å². The molecule has 1 rings (SSSR count). The molecule has 1 amide bonds. The van der Waals surface area contributed by atoms with Gasteiger partial charge in [0, 0.05) is 6.04 Å². The fourth-order valence-electron chi connectivity index (χ4n) is 1.80. The van der Waals surface area contributed by atoms with Crippen molar-refractivity contribution in [3.63, 3.8) is 0 Å². The first-order valence-corrected chi connectivity index (χ1v) is 6.09. The van der Waals surface area contributed by atoms with Crippen LogP contribution in [0.2, 0.25) is 0 Å². The van der Waals surface area contributed by atoms with Crippen molar-refractivity contribution >= 4 is 17.3 Å². The lowest BCUT2D eigenvalue weighted by Gasteiger charge is -2.15. The van der Waals surface area contributed by atoms with Crippen LogP contribution in [0.1, 0.15) is 37.0 Å². The van der Waals surface area contributed by atoms with E-state index < -0.39 is 10.8 Å². The Labute approximate surface area is 111 Å². The summed E-state index contributed by atoms with van der Waals surface area (Å²) in [6.45, 7) is 3.89. The Bertz CT molecular complexity index is 472. The number of benzene rings is 1. The number of hydrogen-bond donors (Lipinski definition) is 3. The van der Waals surface area contributed by atoms with E-state index in [1.54, 1.807) is 6.07 Å². The Morgan fingerprint density at radius 2 is 2.05 bits per heavy atom. The fraction of sp³-hybridized carbons (Fsp3) is 0.417. The molecule has 0 saturated carbocycles. The molecule has 0 unspecified atom stereocenters. The number of nitro groups is 1. The molecular weight excluding hydrogens is 248 g/mol. The third-order valence-electron chi connectivity index (χ3n) is 2.94. The predicted molar refractivity (Wildman–Crippen MR) is 72.7 cm³/mol. The Morgan fingerprint density at radius 3 is 2.53 bits per heavy atom. The van der Waals surface area contributed by atoms with Crippen LogP contribution in [-0.2, 0) is 0 Å². The van der Waals surface area contributed by atoms with Gasteiger partial charge in [-0.25, -0.2) is 0 Å². The van der Waals surface area contributed by atoms with Gasteiger partial charge in [0.25, 0.3) is 5.91 Å². The molecule has 0 fully saturated rings. The first-order valence-electron chi connectivity index (χ1n) is 6.09. The molecule has 4 N–H and O–H groups in total.